The molecule has 0 aromatic heterocycles. The second-order valence-electron chi connectivity index (χ2n) is 5.13. The van der Waals surface area contributed by atoms with Crippen molar-refractivity contribution in [1.82, 2.24) is 5.32 Å². The van der Waals surface area contributed by atoms with E-state index in [1.165, 1.54) is 25.7 Å². The number of ether oxygens (including phenoxy) is 1. The molecule has 2 aliphatic rings. The van der Waals surface area contributed by atoms with Crippen molar-refractivity contribution in [3.05, 3.63) is 0 Å². The third-order valence-electron chi connectivity index (χ3n) is 3.80. The normalized spacial score (nSPS) is 34.2. The molecule has 1 unspecified atom stereocenters. The summed E-state index contributed by atoms with van der Waals surface area (Å²) in [6.45, 7) is 2.70. The van der Waals surface area contributed by atoms with Gasteiger partial charge in [-0.2, -0.15) is 0 Å². The number of hydrogen-bond acceptors (Lipinski definition) is 3. The first-order chi connectivity index (χ1) is 7.35. The molecule has 0 spiro atoms. The second kappa shape index (κ2) is 5.28. The molecule has 1 aliphatic heterocycles. The third-order valence-corrected chi connectivity index (χ3v) is 3.80. The van der Waals surface area contributed by atoms with E-state index in [0.29, 0.717) is 6.61 Å². The van der Waals surface area contributed by atoms with E-state index >= 15 is 0 Å². The first-order valence-electron chi connectivity index (χ1n) is 6.28. The second-order valence-corrected chi connectivity index (χ2v) is 5.13. The minimum atomic E-state index is -0.147. The van der Waals surface area contributed by atoms with Crippen LogP contribution in [0.2, 0.25) is 0 Å². The summed E-state index contributed by atoms with van der Waals surface area (Å²) in [5.74, 6) is 0.798. The topological polar surface area (TPSA) is 41.5 Å². The molecule has 15 heavy (non-hydrogen) atoms. The lowest BCUT2D eigenvalue weighted by Gasteiger charge is -2.33. The van der Waals surface area contributed by atoms with E-state index in [4.69, 9.17) is 4.74 Å². The molecule has 1 saturated carbocycles. The Kier molecular flexibility index (Phi) is 4.00. The van der Waals surface area contributed by atoms with Crippen molar-refractivity contribution in [2.45, 2.75) is 44.1 Å². The number of aliphatic hydroxyl groups is 1. The van der Waals surface area contributed by atoms with Crippen LogP contribution in [0.3, 0.4) is 0 Å². The fourth-order valence-corrected chi connectivity index (χ4v) is 2.91. The van der Waals surface area contributed by atoms with Gasteiger partial charge in [0.1, 0.15) is 0 Å². The van der Waals surface area contributed by atoms with Gasteiger partial charge in [0.25, 0.3) is 0 Å². The number of aliphatic hydroxyl groups excluding tert-OH is 1. The molecule has 1 saturated heterocycles. The zero-order chi connectivity index (χ0) is 10.6. The largest absolute Gasteiger partial charge is 0.394 e. The van der Waals surface area contributed by atoms with E-state index < -0.39 is 0 Å². The quantitative estimate of drug-likeness (QED) is 0.742. The molecule has 3 nitrogen and oxygen atoms in total. The molecule has 88 valence electrons. The van der Waals surface area contributed by atoms with Crippen molar-refractivity contribution < 1.29 is 9.84 Å². The highest BCUT2D eigenvalue weighted by atomic mass is 16.5. The first-order valence-corrected chi connectivity index (χ1v) is 6.28. The van der Waals surface area contributed by atoms with Crippen molar-refractivity contribution in [3.63, 3.8) is 0 Å². The van der Waals surface area contributed by atoms with E-state index in [1.807, 2.05) is 0 Å². The van der Waals surface area contributed by atoms with E-state index in [2.05, 4.69) is 5.32 Å². The molecule has 1 aliphatic carbocycles. The molecule has 0 amide bonds. The molecule has 0 aromatic carbocycles. The molecule has 0 aromatic rings. The molecule has 1 atom stereocenters. The van der Waals surface area contributed by atoms with Crippen molar-refractivity contribution in [2.75, 3.05) is 26.4 Å². The molecule has 0 bridgehead atoms. The van der Waals surface area contributed by atoms with Crippen LogP contribution < -0.4 is 5.32 Å². The number of rotatable bonds is 3. The van der Waals surface area contributed by atoms with Crippen LogP contribution in [0.5, 0.6) is 0 Å². The summed E-state index contributed by atoms with van der Waals surface area (Å²) in [6, 6.07) is 0. The van der Waals surface area contributed by atoms with E-state index in [1.54, 1.807) is 0 Å². The average molecular weight is 213 g/mol. The van der Waals surface area contributed by atoms with E-state index in [0.717, 1.165) is 31.9 Å². The van der Waals surface area contributed by atoms with Crippen LogP contribution in [-0.4, -0.2) is 37.0 Å². The summed E-state index contributed by atoms with van der Waals surface area (Å²) in [5.41, 5.74) is -0.147. The van der Waals surface area contributed by atoms with Crippen LogP contribution in [-0.2, 0) is 4.74 Å². The van der Waals surface area contributed by atoms with Gasteiger partial charge in [-0.15, -0.1) is 0 Å². The molecule has 1 heterocycles. The summed E-state index contributed by atoms with van der Waals surface area (Å²) in [4.78, 5) is 0. The number of nitrogens with one attached hydrogen (secondary N) is 1. The van der Waals surface area contributed by atoms with Crippen LogP contribution in [0.1, 0.15) is 38.5 Å². The van der Waals surface area contributed by atoms with Crippen molar-refractivity contribution in [2.24, 2.45) is 5.92 Å². The highest BCUT2D eigenvalue weighted by Gasteiger charge is 2.34. The molecular weight excluding hydrogens is 190 g/mol. The Labute approximate surface area is 92.2 Å². The van der Waals surface area contributed by atoms with Gasteiger partial charge < -0.3 is 15.2 Å². The average Bonchev–Trinajstić information content (AvgIpc) is 2.64. The third kappa shape index (κ3) is 2.92. The van der Waals surface area contributed by atoms with Gasteiger partial charge in [0.2, 0.25) is 0 Å². The zero-order valence-electron chi connectivity index (χ0n) is 9.50. The van der Waals surface area contributed by atoms with E-state index in [9.17, 15) is 5.11 Å². The van der Waals surface area contributed by atoms with Gasteiger partial charge in [-0.3, -0.25) is 0 Å². The summed E-state index contributed by atoms with van der Waals surface area (Å²) >= 11 is 0. The summed E-state index contributed by atoms with van der Waals surface area (Å²) in [7, 11) is 0. The van der Waals surface area contributed by atoms with Gasteiger partial charge in [-0.05, 0) is 25.3 Å². The van der Waals surface area contributed by atoms with Gasteiger partial charge in [-0.25, -0.2) is 0 Å². The highest BCUT2D eigenvalue weighted by molar-refractivity contribution is 4.91. The predicted octanol–water partition coefficient (Wildman–Crippen LogP) is 1.31. The standard InChI is InChI=1S/C12H23NO2/c14-9-12(8-11-4-1-2-5-11)10-15-7-3-6-13-12/h11,13-14H,1-10H2. The van der Waals surface area contributed by atoms with Crippen LogP contribution in [0.15, 0.2) is 0 Å². The minimum Gasteiger partial charge on any atom is -0.394 e. The Morgan fingerprint density at radius 3 is 2.80 bits per heavy atom. The van der Waals surface area contributed by atoms with Gasteiger partial charge in [0.05, 0.1) is 18.8 Å². The van der Waals surface area contributed by atoms with Crippen LogP contribution >= 0.6 is 0 Å². The summed E-state index contributed by atoms with van der Waals surface area (Å²) in [6.07, 6.45) is 7.56. The highest BCUT2D eigenvalue weighted by Crippen LogP contribution is 2.32. The smallest absolute Gasteiger partial charge is 0.0670 e. The lowest BCUT2D eigenvalue weighted by Crippen LogP contribution is -2.52. The van der Waals surface area contributed by atoms with Crippen LogP contribution in [0, 0.1) is 5.92 Å². The van der Waals surface area contributed by atoms with Gasteiger partial charge in [-0.1, -0.05) is 25.7 Å². The molecule has 0 radical (unpaired) electrons. The monoisotopic (exact) mass is 213 g/mol. The first kappa shape index (κ1) is 11.4. The maximum absolute atomic E-state index is 9.58. The van der Waals surface area contributed by atoms with Gasteiger partial charge in [0.15, 0.2) is 0 Å². The SMILES string of the molecule is OCC1(CC2CCCC2)COCCCN1. The van der Waals surface area contributed by atoms with Gasteiger partial charge in [0, 0.05) is 6.61 Å². The fraction of sp³-hybridized carbons (Fsp3) is 1.00. The Balaban J connectivity index is 1.92. The van der Waals surface area contributed by atoms with Crippen molar-refractivity contribution in [3.8, 4) is 0 Å². The zero-order valence-corrected chi connectivity index (χ0v) is 9.50. The lowest BCUT2D eigenvalue weighted by atomic mass is 9.87. The van der Waals surface area contributed by atoms with Crippen LogP contribution in [0.25, 0.3) is 0 Å². The Morgan fingerprint density at radius 2 is 2.07 bits per heavy atom. The molecule has 3 heteroatoms. The Bertz CT molecular complexity index is 182. The molecular formula is C12H23NO2. The van der Waals surface area contributed by atoms with E-state index in [-0.39, 0.29) is 12.1 Å². The lowest BCUT2D eigenvalue weighted by molar-refractivity contribution is 0.0430. The Hall–Kier alpha value is -0.120. The van der Waals surface area contributed by atoms with Crippen molar-refractivity contribution >= 4 is 0 Å². The predicted molar refractivity (Wildman–Crippen MR) is 59.8 cm³/mol. The number of hydrogen-bond donors (Lipinski definition) is 2. The molecule has 2 fully saturated rings. The molecule has 2 rings (SSSR count). The Morgan fingerprint density at radius 1 is 1.27 bits per heavy atom. The summed E-state index contributed by atoms with van der Waals surface area (Å²) < 4.78 is 5.59. The summed E-state index contributed by atoms with van der Waals surface area (Å²) in [5, 5.41) is 13.1. The fourth-order valence-electron chi connectivity index (χ4n) is 2.91. The van der Waals surface area contributed by atoms with Crippen LogP contribution in [0.4, 0.5) is 0 Å². The van der Waals surface area contributed by atoms with Gasteiger partial charge >= 0.3 is 0 Å². The maximum Gasteiger partial charge on any atom is 0.0670 e. The maximum atomic E-state index is 9.58. The van der Waals surface area contributed by atoms with Crippen molar-refractivity contribution in [1.29, 1.82) is 0 Å². The molecule has 2 N–H and O–H groups in total. The minimum absolute atomic E-state index is 0.147.